The van der Waals surface area contributed by atoms with Gasteiger partial charge in [-0.3, -0.25) is 10.2 Å². The third kappa shape index (κ3) is 7.07. The Morgan fingerprint density at radius 3 is 2.75 bits per heavy atom. The van der Waals surface area contributed by atoms with Crippen LogP contribution in [0.5, 0.6) is 0 Å². The lowest BCUT2D eigenvalue weighted by Gasteiger charge is -2.10. The van der Waals surface area contributed by atoms with Gasteiger partial charge in [0.1, 0.15) is 18.0 Å². The molecule has 0 heterocycles. The molecule has 88 valence electrons. The van der Waals surface area contributed by atoms with Crippen LogP contribution in [0.25, 0.3) is 0 Å². The zero-order valence-corrected chi connectivity index (χ0v) is 10.7. The molecule has 0 aromatic heterocycles. The summed E-state index contributed by atoms with van der Waals surface area (Å²) >= 11 is 3.14. The molecular formula is C11H14BrNO3. The number of carbonyl (C=O) groups excluding carboxylic acids is 1. The van der Waals surface area contributed by atoms with E-state index in [0.717, 1.165) is 5.57 Å². The first kappa shape index (κ1) is 14.7. The summed E-state index contributed by atoms with van der Waals surface area (Å²) in [5, 5.41) is 7.42. The highest BCUT2D eigenvalue weighted by Crippen LogP contribution is 2.09. The van der Waals surface area contributed by atoms with Crippen molar-refractivity contribution < 1.29 is 14.3 Å². The minimum absolute atomic E-state index is 0.0156. The lowest BCUT2D eigenvalue weighted by atomic mass is 10.3. The molecule has 0 bridgehead atoms. The molecule has 5 heteroatoms. The third-order valence-electron chi connectivity index (χ3n) is 1.42. The smallest absolute Gasteiger partial charge is 0.307 e. The molecule has 0 aromatic rings. The summed E-state index contributed by atoms with van der Waals surface area (Å²) in [6, 6.07) is 0. The van der Waals surface area contributed by atoms with Gasteiger partial charge in [-0.25, -0.2) is 0 Å². The molecule has 0 saturated carbocycles. The van der Waals surface area contributed by atoms with E-state index in [1.54, 1.807) is 6.92 Å². The van der Waals surface area contributed by atoms with Crippen LogP contribution in [-0.2, 0) is 14.3 Å². The number of alkyl halides is 1. The van der Waals surface area contributed by atoms with E-state index in [4.69, 9.17) is 21.3 Å². The Bertz CT molecular complexity index is 320. The second kappa shape index (κ2) is 7.94. The van der Waals surface area contributed by atoms with Crippen molar-refractivity contribution in [2.75, 3.05) is 13.2 Å². The molecule has 0 aliphatic rings. The average molecular weight is 288 g/mol. The Morgan fingerprint density at radius 2 is 2.25 bits per heavy atom. The first-order valence-corrected chi connectivity index (χ1v) is 5.47. The van der Waals surface area contributed by atoms with E-state index < -0.39 is 10.8 Å². The quantitative estimate of drug-likeness (QED) is 0.203. The molecule has 0 fully saturated rings. The minimum atomic E-state index is -0.515. The van der Waals surface area contributed by atoms with E-state index in [1.165, 1.54) is 0 Å². The maximum atomic E-state index is 11.3. The van der Waals surface area contributed by atoms with Gasteiger partial charge < -0.3 is 9.47 Å². The van der Waals surface area contributed by atoms with Crippen LogP contribution in [0.1, 0.15) is 13.3 Å². The lowest BCUT2D eigenvalue weighted by molar-refractivity contribution is -0.142. The fraction of sp³-hybridized carbons (Fsp3) is 0.455. The van der Waals surface area contributed by atoms with E-state index in [1.807, 2.05) is 0 Å². The first-order chi connectivity index (χ1) is 7.47. The number of halogens is 1. The van der Waals surface area contributed by atoms with Crippen LogP contribution in [0.2, 0.25) is 0 Å². The molecule has 4 nitrogen and oxygen atoms in total. The van der Waals surface area contributed by atoms with E-state index in [2.05, 4.69) is 28.4 Å². The van der Waals surface area contributed by atoms with Gasteiger partial charge in [-0.2, -0.15) is 0 Å². The van der Waals surface area contributed by atoms with Crippen LogP contribution >= 0.6 is 15.9 Å². The van der Waals surface area contributed by atoms with E-state index in [-0.39, 0.29) is 25.5 Å². The number of rotatable bonds is 6. The summed E-state index contributed by atoms with van der Waals surface area (Å²) in [5.41, 5.74) is 0.762. The fourth-order valence-corrected chi connectivity index (χ4v) is 1.11. The van der Waals surface area contributed by atoms with Crippen molar-refractivity contribution in [3.63, 3.8) is 0 Å². The van der Waals surface area contributed by atoms with Crippen LogP contribution in [-0.4, -0.2) is 29.9 Å². The van der Waals surface area contributed by atoms with Crippen LogP contribution in [0.15, 0.2) is 12.2 Å². The largest absolute Gasteiger partial charge is 0.467 e. The summed E-state index contributed by atoms with van der Waals surface area (Å²) in [6.45, 7) is 5.57. The number of hydrogen-bond donors (Lipinski definition) is 1. The van der Waals surface area contributed by atoms with Crippen molar-refractivity contribution in [1.29, 1.82) is 5.41 Å². The Labute approximate surface area is 104 Å². The van der Waals surface area contributed by atoms with Gasteiger partial charge in [-0.1, -0.05) is 28.4 Å². The van der Waals surface area contributed by atoms with Gasteiger partial charge in [0, 0.05) is 0 Å². The van der Waals surface area contributed by atoms with Gasteiger partial charge in [0.2, 0.25) is 0 Å². The van der Waals surface area contributed by atoms with Gasteiger partial charge in [-0.05, 0) is 12.5 Å². The molecular weight excluding hydrogens is 274 g/mol. The van der Waals surface area contributed by atoms with Gasteiger partial charge >= 0.3 is 5.97 Å². The Balaban J connectivity index is 3.90. The molecule has 16 heavy (non-hydrogen) atoms. The van der Waals surface area contributed by atoms with Crippen LogP contribution < -0.4 is 0 Å². The van der Waals surface area contributed by atoms with Crippen molar-refractivity contribution in [2.24, 2.45) is 0 Å². The molecule has 1 N–H and O–H groups in total. The summed E-state index contributed by atoms with van der Waals surface area (Å²) in [6.07, 6.45) is 5.00. The number of hydrogen-bond acceptors (Lipinski definition) is 4. The standard InChI is InChI=1S/C11H14BrNO3/c1-4-5-15-11(13)9(12)6-10(14)16-7-8(2)3/h1,9,13H,2,5-7H2,3H3. The summed E-state index contributed by atoms with van der Waals surface area (Å²) in [4.78, 5) is 10.7. The van der Waals surface area contributed by atoms with Gasteiger partial charge in [0.05, 0.1) is 6.42 Å². The molecule has 0 aliphatic heterocycles. The molecule has 0 spiro atoms. The van der Waals surface area contributed by atoms with E-state index >= 15 is 0 Å². The minimum Gasteiger partial charge on any atom is -0.467 e. The van der Waals surface area contributed by atoms with Crippen LogP contribution in [0.4, 0.5) is 0 Å². The highest BCUT2D eigenvalue weighted by molar-refractivity contribution is 9.10. The zero-order valence-electron chi connectivity index (χ0n) is 9.09. The predicted molar refractivity (Wildman–Crippen MR) is 65.6 cm³/mol. The van der Waals surface area contributed by atoms with Crippen molar-refractivity contribution in [2.45, 2.75) is 18.2 Å². The molecule has 0 radical (unpaired) electrons. The second-order valence-electron chi connectivity index (χ2n) is 3.15. The predicted octanol–water partition coefficient (Wildman–Crippen LogP) is 1.89. The van der Waals surface area contributed by atoms with Crippen molar-refractivity contribution >= 4 is 27.8 Å². The molecule has 1 unspecified atom stereocenters. The Hall–Kier alpha value is -1.28. The summed E-state index contributed by atoms with van der Waals surface area (Å²) in [7, 11) is 0. The molecule has 0 aliphatic carbocycles. The number of terminal acetylenes is 1. The number of esters is 1. The number of nitrogens with one attached hydrogen (secondary N) is 1. The summed E-state index contributed by atoms with van der Waals surface area (Å²) < 4.78 is 9.72. The Morgan fingerprint density at radius 1 is 1.62 bits per heavy atom. The summed E-state index contributed by atoms with van der Waals surface area (Å²) in [5.74, 6) is 1.74. The monoisotopic (exact) mass is 287 g/mol. The second-order valence-corrected chi connectivity index (χ2v) is 4.25. The molecule has 0 rings (SSSR count). The first-order valence-electron chi connectivity index (χ1n) is 4.56. The van der Waals surface area contributed by atoms with Gasteiger partial charge in [0.25, 0.3) is 0 Å². The van der Waals surface area contributed by atoms with Crippen molar-refractivity contribution in [3.8, 4) is 12.3 Å². The van der Waals surface area contributed by atoms with Crippen LogP contribution in [0, 0.1) is 17.8 Å². The topological polar surface area (TPSA) is 59.4 Å². The molecule has 0 amide bonds. The zero-order chi connectivity index (χ0) is 12.6. The van der Waals surface area contributed by atoms with Crippen LogP contribution in [0.3, 0.4) is 0 Å². The van der Waals surface area contributed by atoms with E-state index in [0.29, 0.717) is 0 Å². The maximum Gasteiger partial charge on any atom is 0.307 e. The normalized spacial score (nSPS) is 11.1. The lowest BCUT2D eigenvalue weighted by Crippen LogP contribution is -2.21. The third-order valence-corrected chi connectivity index (χ3v) is 2.16. The highest BCUT2D eigenvalue weighted by Gasteiger charge is 2.17. The van der Waals surface area contributed by atoms with Crippen molar-refractivity contribution in [1.82, 2.24) is 0 Å². The number of ether oxygens (including phenoxy) is 2. The van der Waals surface area contributed by atoms with Gasteiger partial charge in [-0.15, -0.1) is 6.42 Å². The SMILES string of the molecule is C#CCOC(=N)C(Br)CC(=O)OCC(=C)C. The molecule has 1 atom stereocenters. The fourth-order valence-electron chi connectivity index (χ4n) is 0.711. The average Bonchev–Trinajstić information content (AvgIpc) is 2.22. The van der Waals surface area contributed by atoms with Gasteiger partial charge in [0.15, 0.2) is 5.90 Å². The Kier molecular flexibility index (Phi) is 7.31. The number of carbonyl (C=O) groups is 1. The molecule has 0 aromatic carbocycles. The van der Waals surface area contributed by atoms with E-state index in [9.17, 15) is 4.79 Å². The van der Waals surface area contributed by atoms with Crippen molar-refractivity contribution in [3.05, 3.63) is 12.2 Å². The highest BCUT2D eigenvalue weighted by atomic mass is 79.9. The molecule has 0 saturated heterocycles. The maximum absolute atomic E-state index is 11.3.